The molecule has 546 valence electrons. The van der Waals surface area contributed by atoms with Crippen LogP contribution in [0.5, 0.6) is 0 Å². The van der Waals surface area contributed by atoms with Crippen LogP contribution in [0, 0.1) is 11.8 Å². The highest BCUT2D eigenvalue weighted by Gasteiger charge is 2.30. The highest BCUT2D eigenvalue weighted by atomic mass is 31.2. The summed E-state index contributed by atoms with van der Waals surface area (Å²) in [6.07, 6.45) is 51.6. The van der Waals surface area contributed by atoms with Crippen molar-refractivity contribution >= 4 is 39.5 Å². The Morgan fingerprint density at radius 3 is 0.826 bits per heavy atom. The fourth-order valence-corrected chi connectivity index (χ4v) is 12.7. The van der Waals surface area contributed by atoms with E-state index in [1.807, 2.05) is 0 Å². The highest BCUT2D eigenvalue weighted by molar-refractivity contribution is 7.47. The zero-order valence-corrected chi connectivity index (χ0v) is 61.6. The number of phosphoric acid groups is 2. The summed E-state index contributed by atoms with van der Waals surface area (Å²) in [5, 5.41) is 10.6. The normalized spacial score (nSPS) is 14.4. The number of rotatable bonds is 72. The predicted octanol–water partition coefficient (Wildman–Crippen LogP) is 21.2. The topological polar surface area (TPSA) is 237 Å². The first-order valence-electron chi connectivity index (χ1n) is 38.0. The summed E-state index contributed by atoms with van der Waals surface area (Å²) in [4.78, 5) is 72.5. The van der Waals surface area contributed by atoms with Crippen LogP contribution >= 0.6 is 15.6 Å². The van der Waals surface area contributed by atoms with Crippen molar-refractivity contribution in [2.45, 2.75) is 394 Å². The summed E-state index contributed by atoms with van der Waals surface area (Å²) in [7, 11) is -9.90. The molecule has 0 aromatic rings. The Hall–Kier alpha value is -1.94. The van der Waals surface area contributed by atoms with Gasteiger partial charge in [0.25, 0.3) is 0 Å². The van der Waals surface area contributed by atoms with Crippen LogP contribution in [0.1, 0.15) is 375 Å². The SMILES string of the molecule is CCCCCCCCCCCCCCCCCCCCCCC(=O)O[C@H](COC(=O)CCCCCCCCCCCCC(C)CC)COP(=O)(O)OC[C@@H](O)COP(=O)(O)OC[C@@H](COC(=O)CCCCCCCCCC)OC(=O)CCCCCCCCCC(C)C. The van der Waals surface area contributed by atoms with Crippen LogP contribution in [0.3, 0.4) is 0 Å². The lowest BCUT2D eigenvalue weighted by Gasteiger charge is -2.21. The van der Waals surface area contributed by atoms with E-state index in [0.717, 1.165) is 102 Å². The maximum absolute atomic E-state index is 13.1. The van der Waals surface area contributed by atoms with E-state index in [0.29, 0.717) is 31.6 Å². The second-order valence-corrected chi connectivity index (χ2v) is 30.0. The monoisotopic (exact) mass is 1350 g/mol. The van der Waals surface area contributed by atoms with E-state index in [-0.39, 0.29) is 25.7 Å². The molecule has 0 aromatic carbocycles. The van der Waals surface area contributed by atoms with Gasteiger partial charge in [-0.25, -0.2) is 9.13 Å². The molecular weight excluding hydrogens is 1210 g/mol. The van der Waals surface area contributed by atoms with Gasteiger partial charge in [0.1, 0.15) is 19.3 Å². The molecule has 3 N–H and O–H groups in total. The molecule has 0 amide bonds. The van der Waals surface area contributed by atoms with Crippen LogP contribution in [0.15, 0.2) is 0 Å². The molecule has 0 saturated heterocycles. The molecule has 19 heteroatoms. The molecule has 17 nitrogen and oxygen atoms in total. The third-order valence-corrected chi connectivity index (χ3v) is 19.2. The average Bonchev–Trinajstić information content (AvgIpc) is 2.47. The van der Waals surface area contributed by atoms with Crippen molar-refractivity contribution in [2.75, 3.05) is 39.6 Å². The fraction of sp³-hybridized carbons (Fsp3) is 0.945. The molecule has 3 unspecified atom stereocenters. The van der Waals surface area contributed by atoms with Gasteiger partial charge in [-0.1, -0.05) is 324 Å². The molecule has 0 spiro atoms. The second-order valence-electron chi connectivity index (χ2n) is 27.1. The van der Waals surface area contributed by atoms with Crippen molar-refractivity contribution in [2.24, 2.45) is 11.8 Å². The van der Waals surface area contributed by atoms with Crippen molar-refractivity contribution in [1.82, 2.24) is 0 Å². The first kappa shape index (κ1) is 90.1. The summed E-state index contributed by atoms with van der Waals surface area (Å²) < 4.78 is 68.3. The van der Waals surface area contributed by atoms with Gasteiger partial charge in [-0.2, -0.15) is 0 Å². The Morgan fingerprint density at radius 2 is 0.554 bits per heavy atom. The van der Waals surface area contributed by atoms with E-state index in [9.17, 15) is 43.2 Å². The lowest BCUT2D eigenvalue weighted by molar-refractivity contribution is -0.161. The second kappa shape index (κ2) is 65.0. The molecule has 0 aromatic heterocycles. The van der Waals surface area contributed by atoms with Crippen molar-refractivity contribution in [3.05, 3.63) is 0 Å². The van der Waals surface area contributed by atoms with Gasteiger partial charge in [-0.05, 0) is 37.5 Å². The minimum atomic E-state index is -4.95. The van der Waals surface area contributed by atoms with Gasteiger partial charge in [0, 0.05) is 25.7 Å². The van der Waals surface area contributed by atoms with E-state index in [1.165, 1.54) is 186 Å². The van der Waals surface area contributed by atoms with E-state index < -0.39 is 97.5 Å². The number of phosphoric ester groups is 2. The molecule has 0 heterocycles. The van der Waals surface area contributed by atoms with E-state index in [4.69, 9.17) is 37.0 Å². The Balaban J connectivity index is 5.18. The summed E-state index contributed by atoms with van der Waals surface area (Å²) >= 11 is 0. The van der Waals surface area contributed by atoms with Gasteiger partial charge in [0.2, 0.25) is 0 Å². The van der Waals surface area contributed by atoms with Crippen LogP contribution in [-0.2, 0) is 65.4 Å². The number of ether oxygens (including phenoxy) is 4. The molecule has 0 aliphatic carbocycles. The van der Waals surface area contributed by atoms with Gasteiger partial charge in [-0.15, -0.1) is 0 Å². The number of hydrogen-bond acceptors (Lipinski definition) is 15. The van der Waals surface area contributed by atoms with Crippen molar-refractivity contribution in [3.8, 4) is 0 Å². The fourth-order valence-electron chi connectivity index (χ4n) is 11.1. The van der Waals surface area contributed by atoms with E-state index >= 15 is 0 Å². The number of aliphatic hydroxyl groups is 1. The zero-order valence-electron chi connectivity index (χ0n) is 59.9. The molecule has 0 radical (unpaired) electrons. The lowest BCUT2D eigenvalue weighted by Crippen LogP contribution is -2.30. The summed E-state index contributed by atoms with van der Waals surface area (Å²) in [5.74, 6) is -0.620. The van der Waals surface area contributed by atoms with Gasteiger partial charge in [0.15, 0.2) is 12.2 Å². The first-order chi connectivity index (χ1) is 44.4. The quantitative estimate of drug-likeness (QED) is 0.0222. The molecule has 0 rings (SSSR count). The van der Waals surface area contributed by atoms with Crippen LogP contribution in [0.4, 0.5) is 0 Å². The number of esters is 4. The number of hydrogen-bond donors (Lipinski definition) is 3. The van der Waals surface area contributed by atoms with Gasteiger partial charge >= 0.3 is 39.5 Å². The summed E-state index contributed by atoms with van der Waals surface area (Å²) in [5.41, 5.74) is 0. The third kappa shape index (κ3) is 65.4. The standard InChI is InChI=1S/C73H142O17P2/c1-7-10-12-14-16-18-19-20-21-22-23-24-25-26-27-28-33-39-45-51-57-72(77)89-68(62-84-71(76)56-50-44-38-32-30-29-31-36-42-48-54-66(6)9-3)63-87-91(79,80)85-59-67(74)60-86-92(81,82)88-64-69(61-83-70(75)55-49-43-37-17-15-13-11-8-2)90-73(78)58-52-46-40-34-35-41-47-53-65(4)5/h65-69,74H,7-64H2,1-6H3,(H,79,80)(H,81,82)/t66?,67-,68-,69-/m1/s1. The molecular formula is C73H142O17P2. The molecule has 0 saturated carbocycles. The number of carbonyl (C=O) groups is 4. The van der Waals surface area contributed by atoms with E-state index in [1.54, 1.807) is 0 Å². The van der Waals surface area contributed by atoms with Gasteiger partial charge in [-0.3, -0.25) is 37.3 Å². The minimum Gasteiger partial charge on any atom is -0.462 e. The maximum atomic E-state index is 13.1. The average molecular weight is 1350 g/mol. The smallest absolute Gasteiger partial charge is 0.462 e. The Kier molecular flexibility index (Phi) is 63.7. The van der Waals surface area contributed by atoms with Gasteiger partial charge < -0.3 is 33.8 Å². The molecule has 6 atom stereocenters. The molecule has 0 aliphatic heterocycles. The van der Waals surface area contributed by atoms with Crippen molar-refractivity contribution in [3.63, 3.8) is 0 Å². The molecule has 92 heavy (non-hydrogen) atoms. The number of carbonyl (C=O) groups excluding carboxylic acids is 4. The van der Waals surface area contributed by atoms with Crippen molar-refractivity contribution in [1.29, 1.82) is 0 Å². The Morgan fingerprint density at radius 1 is 0.315 bits per heavy atom. The molecule has 0 bridgehead atoms. The highest BCUT2D eigenvalue weighted by Crippen LogP contribution is 2.45. The maximum Gasteiger partial charge on any atom is 0.472 e. The molecule has 0 fully saturated rings. The van der Waals surface area contributed by atoms with Crippen LogP contribution in [0.2, 0.25) is 0 Å². The van der Waals surface area contributed by atoms with E-state index in [2.05, 4.69) is 41.5 Å². The van der Waals surface area contributed by atoms with Crippen LogP contribution in [0.25, 0.3) is 0 Å². The number of unbranched alkanes of at least 4 members (excludes halogenated alkanes) is 41. The summed E-state index contributed by atoms with van der Waals surface area (Å²) in [6.45, 7) is 9.50. The van der Waals surface area contributed by atoms with Crippen LogP contribution < -0.4 is 0 Å². The minimum absolute atomic E-state index is 0.103. The number of aliphatic hydroxyl groups excluding tert-OH is 1. The first-order valence-corrected chi connectivity index (χ1v) is 41.0. The van der Waals surface area contributed by atoms with Crippen molar-refractivity contribution < 1.29 is 80.2 Å². The third-order valence-electron chi connectivity index (χ3n) is 17.3. The molecule has 0 aliphatic rings. The lowest BCUT2D eigenvalue weighted by atomic mass is 9.99. The zero-order chi connectivity index (χ0) is 67.9. The summed E-state index contributed by atoms with van der Waals surface area (Å²) in [6, 6.07) is 0. The Labute approximate surface area is 562 Å². The van der Waals surface area contributed by atoms with Crippen LogP contribution in [-0.4, -0.2) is 96.7 Å². The largest absolute Gasteiger partial charge is 0.472 e. The predicted molar refractivity (Wildman–Crippen MR) is 372 cm³/mol. The van der Waals surface area contributed by atoms with Gasteiger partial charge in [0.05, 0.1) is 26.4 Å². The Bertz CT molecular complexity index is 1790.